The third-order valence-corrected chi connectivity index (χ3v) is 4.28. The molecule has 1 aliphatic rings. The Balaban J connectivity index is 1.80. The maximum absolute atomic E-state index is 13.2. The molecular weight excluding hydrogens is 258 g/mol. The molecule has 0 amide bonds. The second-order valence-electron chi connectivity index (χ2n) is 5.67. The van der Waals surface area contributed by atoms with Crippen LogP contribution in [-0.4, -0.2) is 10.9 Å². The first-order valence-electron chi connectivity index (χ1n) is 7.03. The summed E-state index contributed by atoms with van der Waals surface area (Å²) in [6, 6.07) is 9.65. The molecule has 4 heteroatoms. The van der Waals surface area contributed by atoms with E-state index in [4.69, 9.17) is 5.73 Å². The van der Waals surface area contributed by atoms with Crippen molar-refractivity contribution in [2.45, 2.75) is 37.6 Å². The van der Waals surface area contributed by atoms with Gasteiger partial charge in [0.05, 0.1) is 5.52 Å². The Kier molecular flexibility index (Phi) is 3.42. The van der Waals surface area contributed by atoms with E-state index in [2.05, 4.69) is 4.98 Å². The number of halogens is 2. The molecule has 1 aromatic carbocycles. The summed E-state index contributed by atoms with van der Waals surface area (Å²) in [6.07, 6.45) is 2.67. The zero-order valence-electron chi connectivity index (χ0n) is 11.2. The molecule has 0 spiro atoms. The van der Waals surface area contributed by atoms with Crippen LogP contribution in [0, 0.1) is 5.92 Å². The Morgan fingerprint density at radius 2 is 1.95 bits per heavy atom. The molecule has 1 unspecified atom stereocenters. The van der Waals surface area contributed by atoms with E-state index in [1.807, 2.05) is 30.3 Å². The second kappa shape index (κ2) is 5.09. The van der Waals surface area contributed by atoms with Crippen LogP contribution in [0.1, 0.15) is 37.3 Å². The van der Waals surface area contributed by atoms with E-state index < -0.39 is 5.92 Å². The number of pyridine rings is 1. The fourth-order valence-electron chi connectivity index (χ4n) is 3.00. The first-order chi connectivity index (χ1) is 9.55. The number of nitrogens with two attached hydrogens (primary N) is 1. The molecule has 1 aromatic heterocycles. The lowest BCUT2D eigenvalue weighted by atomic mass is 9.80. The highest BCUT2D eigenvalue weighted by molar-refractivity contribution is 5.79. The van der Waals surface area contributed by atoms with E-state index >= 15 is 0 Å². The van der Waals surface area contributed by atoms with Gasteiger partial charge < -0.3 is 5.73 Å². The van der Waals surface area contributed by atoms with Crippen LogP contribution in [0.25, 0.3) is 10.9 Å². The Bertz CT molecular complexity index is 602. The largest absolute Gasteiger partial charge is 0.324 e. The Labute approximate surface area is 117 Å². The topological polar surface area (TPSA) is 38.9 Å². The summed E-state index contributed by atoms with van der Waals surface area (Å²) in [5, 5.41) is 1.04. The van der Waals surface area contributed by atoms with E-state index in [9.17, 15) is 8.78 Å². The summed E-state index contributed by atoms with van der Waals surface area (Å²) < 4.78 is 26.4. The lowest BCUT2D eigenvalue weighted by molar-refractivity contribution is -0.0483. The third kappa shape index (κ3) is 2.66. The van der Waals surface area contributed by atoms with Crippen LogP contribution in [0.3, 0.4) is 0 Å². The van der Waals surface area contributed by atoms with Gasteiger partial charge in [0, 0.05) is 30.5 Å². The summed E-state index contributed by atoms with van der Waals surface area (Å²) in [4.78, 5) is 4.27. The third-order valence-electron chi connectivity index (χ3n) is 4.28. The van der Waals surface area contributed by atoms with Crippen molar-refractivity contribution in [3.8, 4) is 0 Å². The number of alkyl halides is 2. The van der Waals surface area contributed by atoms with Crippen molar-refractivity contribution in [3.63, 3.8) is 0 Å². The van der Waals surface area contributed by atoms with E-state index in [0.29, 0.717) is 12.8 Å². The highest BCUT2D eigenvalue weighted by Crippen LogP contribution is 2.40. The molecule has 0 aliphatic heterocycles. The molecule has 1 aliphatic carbocycles. The van der Waals surface area contributed by atoms with Gasteiger partial charge in [0.25, 0.3) is 0 Å². The van der Waals surface area contributed by atoms with Gasteiger partial charge in [-0.2, -0.15) is 0 Å². The average Bonchev–Trinajstić information content (AvgIpc) is 2.46. The van der Waals surface area contributed by atoms with E-state index in [0.717, 1.165) is 16.5 Å². The van der Waals surface area contributed by atoms with E-state index in [1.165, 1.54) is 0 Å². The summed E-state index contributed by atoms with van der Waals surface area (Å²) in [5.74, 6) is -2.35. The number of hydrogen-bond donors (Lipinski definition) is 1. The minimum Gasteiger partial charge on any atom is -0.324 e. The van der Waals surface area contributed by atoms with Crippen LogP contribution in [0.15, 0.2) is 36.5 Å². The molecule has 2 aromatic rings. The van der Waals surface area contributed by atoms with Crippen molar-refractivity contribution in [1.82, 2.24) is 4.98 Å². The van der Waals surface area contributed by atoms with Crippen molar-refractivity contribution >= 4 is 10.9 Å². The van der Waals surface area contributed by atoms with Crippen molar-refractivity contribution in [2.75, 3.05) is 0 Å². The first-order valence-corrected chi connectivity index (χ1v) is 7.03. The number of aromatic nitrogens is 1. The highest BCUT2D eigenvalue weighted by Gasteiger charge is 2.37. The average molecular weight is 276 g/mol. The van der Waals surface area contributed by atoms with Crippen molar-refractivity contribution in [1.29, 1.82) is 0 Å². The highest BCUT2D eigenvalue weighted by atomic mass is 19.3. The van der Waals surface area contributed by atoms with Gasteiger partial charge in [0.2, 0.25) is 5.92 Å². The molecule has 106 valence electrons. The van der Waals surface area contributed by atoms with Gasteiger partial charge in [0.15, 0.2) is 0 Å². The molecule has 3 rings (SSSR count). The molecule has 2 N–H and O–H groups in total. The Morgan fingerprint density at radius 1 is 1.20 bits per heavy atom. The van der Waals surface area contributed by atoms with Crippen molar-refractivity contribution in [2.24, 2.45) is 11.7 Å². The van der Waals surface area contributed by atoms with Crippen LogP contribution >= 0.6 is 0 Å². The normalized spacial score (nSPS) is 20.9. The predicted molar refractivity (Wildman–Crippen MR) is 75.6 cm³/mol. The molecule has 1 saturated carbocycles. The molecular formula is C16H18F2N2. The lowest BCUT2D eigenvalue weighted by Gasteiger charge is -2.32. The summed E-state index contributed by atoms with van der Waals surface area (Å²) in [6.45, 7) is 0. The van der Waals surface area contributed by atoms with Gasteiger partial charge in [-0.25, -0.2) is 8.78 Å². The number of rotatable bonds is 2. The number of fused-ring (bicyclic) bond motifs is 1. The van der Waals surface area contributed by atoms with Gasteiger partial charge in [0.1, 0.15) is 0 Å². The number of hydrogen-bond acceptors (Lipinski definition) is 2. The molecule has 1 fully saturated rings. The van der Waals surface area contributed by atoms with Gasteiger partial charge in [-0.05, 0) is 42.5 Å². The summed E-state index contributed by atoms with van der Waals surface area (Å²) >= 11 is 0. The van der Waals surface area contributed by atoms with Crippen LogP contribution < -0.4 is 5.73 Å². The van der Waals surface area contributed by atoms with Gasteiger partial charge >= 0.3 is 0 Å². The van der Waals surface area contributed by atoms with Crippen LogP contribution in [-0.2, 0) is 0 Å². The summed E-state index contributed by atoms with van der Waals surface area (Å²) in [7, 11) is 0. The second-order valence-corrected chi connectivity index (χ2v) is 5.67. The van der Waals surface area contributed by atoms with Crippen LogP contribution in [0.2, 0.25) is 0 Å². The Hall–Kier alpha value is -1.55. The monoisotopic (exact) mass is 276 g/mol. The maximum atomic E-state index is 13.2. The molecule has 1 heterocycles. The van der Waals surface area contributed by atoms with Crippen molar-refractivity contribution < 1.29 is 8.78 Å². The minimum atomic E-state index is -2.50. The number of nitrogens with zero attached hydrogens (tertiary/aromatic N) is 1. The summed E-state index contributed by atoms with van der Waals surface area (Å²) in [5.41, 5.74) is 8.23. The first kappa shape index (κ1) is 13.4. The molecule has 0 saturated heterocycles. The van der Waals surface area contributed by atoms with E-state index in [1.54, 1.807) is 6.20 Å². The van der Waals surface area contributed by atoms with Gasteiger partial charge in [-0.15, -0.1) is 0 Å². The fraction of sp³-hybridized carbons (Fsp3) is 0.438. The molecule has 0 bridgehead atoms. The predicted octanol–water partition coefficient (Wildman–Crippen LogP) is 4.06. The van der Waals surface area contributed by atoms with Gasteiger partial charge in [-0.1, -0.05) is 12.1 Å². The molecule has 20 heavy (non-hydrogen) atoms. The van der Waals surface area contributed by atoms with Gasteiger partial charge in [-0.3, -0.25) is 4.98 Å². The van der Waals surface area contributed by atoms with Crippen LogP contribution in [0.5, 0.6) is 0 Å². The zero-order chi connectivity index (χ0) is 14.2. The maximum Gasteiger partial charge on any atom is 0.248 e. The Morgan fingerprint density at radius 3 is 2.70 bits per heavy atom. The molecule has 2 nitrogen and oxygen atoms in total. The molecule has 0 radical (unpaired) electrons. The lowest BCUT2D eigenvalue weighted by Crippen LogP contribution is -2.30. The number of benzene rings is 1. The standard InChI is InChI=1S/C16H18F2N2/c17-16(18)7-5-11(6-8-16)15(19)13-3-4-14-12(10-13)2-1-9-20-14/h1-4,9-11,15H,5-8,19H2. The van der Waals surface area contributed by atoms with Crippen molar-refractivity contribution in [3.05, 3.63) is 42.1 Å². The molecule has 1 atom stereocenters. The van der Waals surface area contributed by atoms with E-state index in [-0.39, 0.29) is 24.8 Å². The quantitative estimate of drug-likeness (QED) is 0.898. The SMILES string of the molecule is NC(c1ccc2ncccc2c1)C1CCC(F)(F)CC1. The fourth-order valence-corrected chi connectivity index (χ4v) is 3.00. The smallest absolute Gasteiger partial charge is 0.248 e. The minimum absolute atomic E-state index is 0.0412. The van der Waals surface area contributed by atoms with Crippen LogP contribution in [0.4, 0.5) is 8.78 Å². The zero-order valence-corrected chi connectivity index (χ0v) is 11.2.